The van der Waals surface area contributed by atoms with Crippen LogP contribution < -0.4 is 10.6 Å². The minimum absolute atomic E-state index is 0.487. The maximum atomic E-state index is 4.20. The highest BCUT2D eigenvalue weighted by Crippen LogP contribution is 2.04. The number of rotatable bonds is 5. The number of nitrogens with zero attached hydrogens (tertiary/aromatic N) is 3. The molecule has 2 heterocycles. The third kappa shape index (κ3) is 3.92. The molecule has 0 aromatic carbocycles. The summed E-state index contributed by atoms with van der Waals surface area (Å²) in [6.45, 7) is 6.31. The topological polar surface area (TPSA) is 53.1 Å². The number of likely N-dealkylation sites (N-methyl/N-ethyl adjacent to an activating group) is 1. The smallest absolute Gasteiger partial charge is 0.148 e. The van der Waals surface area contributed by atoms with Crippen LogP contribution in [0.3, 0.4) is 0 Å². The fourth-order valence-electron chi connectivity index (χ4n) is 2.20. The van der Waals surface area contributed by atoms with Crippen LogP contribution in [0.2, 0.25) is 0 Å². The third-order valence-corrected chi connectivity index (χ3v) is 3.21. The predicted molar refractivity (Wildman–Crippen MR) is 73.8 cm³/mol. The number of hydrogen-bond acceptors (Lipinski definition) is 5. The zero-order valence-electron chi connectivity index (χ0n) is 11.3. The first-order valence-corrected chi connectivity index (χ1v) is 6.76. The summed E-state index contributed by atoms with van der Waals surface area (Å²) in [5.41, 5.74) is 1.07. The van der Waals surface area contributed by atoms with Gasteiger partial charge in [-0.1, -0.05) is 13.3 Å². The lowest BCUT2D eigenvalue weighted by Gasteiger charge is -2.31. The van der Waals surface area contributed by atoms with Gasteiger partial charge in [0.1, 0.15) is 5.82 Å². The average molecular weight is 249 g/mol. The van der Waals surface area contributed by atoms with Crippen LogP contribution in [0.15, 0.2) is 12.1 Å². The second-order valence-electron chi connectivity index (χ2n) is 4.95. The Balaban J connectivity index is 1.78. The predicted octanol–water partition coefficient (Wildman–Crippen LogP) is 0.745. The molecule has 0 saturated carbocycles. The van der Waals surface area contributed by atoms with Gasteiger partial charge >= 0.3 is 0 Å². The van der Waals surface area contributed by atoms with Gasteiger partial charge in [-0.2, -0.15) is 5.10 Å². The second kappa shape index (κ2) is 6.66. The van der Waals surface area contributed by atoms with Crippen molar-refractivity contribution in [1.82, 2.24) is 20.4 Å². The van der Waals surface area contributed by atoms with Crippen molar-refractivity contribution < 1.29 is 0 Å². The Hall–Kier alpha value is -1.20. The van der Waals surface area contributed by atoms with Crippen molar-refractivity contribution in [1.29, 1.82) is 0 Å². The first-order chi connectivity index (χ1) is 8.78. The van der Waals surface area contributed by atoms with Gasteiger partial charge in [-0.3, -0.25) is 0 Å². The lowest BCUT2D eigenvalue weighted by atomic mass is 10.2. The molecule has 1 aromatic heterocycles. The van der Waals surface area contributed by atoms with E-state index in [2.05, 4.69) is 45.8 Å². The highest BCUT2D eigenvalue weighted by molar-refractivity contribution is 5.33. The monoisotopic (exact) mass is 249 g/mol. The van der Waals surface area contributed by atoms with E-state index < -0.39 is 0 Å². The summed E-state index contributed by atoms with van der Waals surface area (Å²) >= 11 is 0. The van der Waals surface area contributed by atoms with Crippen molar-refractivity contribution in [3.63, 3.8) is 0 Å². The first kappa shape index (κ1) is 13.2. The molecule has 1 unspecified atom stereocenters. The highest BCUT2D eigenvalue weighted by Gasteiger charge is 2.15. The molecular formula is C13H23N5. The Kier molecular flexibility index (Phi) is 4.90. The SMILES string of the molecule is CCCc1ccc(NCC2CN(C)CCN2)nn1. The largest absolute Gasteiger partial charge is 0.367 e. The molecule has 5 heteroatoms. The molecule has 100 valence electrons. The summed E-state index contributed by atoms with van der Waals surface area (Å²) < 4.78 is 0. The normalized spacial score (nSPS) is 20.9. The molecule has 0 spiro atoms. The summed E-state index contributed by atoms with van der Waals surface area (Å²) in [6, 6.07) is 4.56. The van der Waals surface area contributed by atoms with Gasteiger partial charge in [-0.25, -0.2) is 0 Å². The molecule has 5 nitrogen and oxygen atoms in total. The number of piperazine rings is 1. The van der Waals surface area contributed by atoms with E-state index in [1.807, 2.05) is 6.07 Å². The van der Waals surface area contributed by atoms with Crippen LogP contribution in [0.1, 0.15) is 19.0 Å². The van der Waals surface area contributed by atoms with E-state index in [1.54, 1.807) is 0 Å². The standard InChI is InChI=1S/C13H23N5/c1-3-4-11-5-6-13(17-16-11)15-9-12-10-18(2)8-7-14-12/h5-6,12,14H,3-4,7-10H2,1-2H3,(H,15,17). The van der Waals surface area contributed by atoms with Crippen LogP contribution >= 0.6 is 0 Å². The van der Waals surface area contributed by atoms with E-state index >= 15 is 0 Å². The summed E-state index contributed by atoms with van der Waals surface area (Å²) in [6.07, 6.45) is 2.11. The van der Waals surface area contributed by atoms with E-state index in [9.17, 15) is 0 Å². The van der Waals surface area contributed by atoms with Gasteiger partial charge in [0.25, 0.3) is 0 Å². The van der Waals surface area contributed by atoms with Crippen LogP contribution in [0.5, 0.6) is 0 Å². The zero-order chi connectivity index (χ0) is 12.8. The quantitative estimate of drug-likeness (QED) is 0.806. The number of nitrogens with one attached hydrogen (secondary N) is 2. The van der Waals surface area contributed by atoms with E-state index in [1.165, 1.54) is 0 Å². The van der Waals surface area contributed by atoms with Crippen molar-refractivity contribution in [2.75, 3.05) is 38.5 Å². The average Bonchev–Trinajstić information content (AvgIpc) is 2.38. The number of hydrogen-bond donors (Lipinski definition) is 2. The number of anilines is 1. The minimum Gasteiger partial charge on any atom is -0.367 e. The van der Waals surface area contributed by atoms with Crippen LogP contribution in [-0.2, 0) is 6.42 Å². The summed E-state index contributed by atoms with van der Waals surface area (Å²) in [4.78, 5) is 2.35. The Bertz CT molecular complexity index is 351. The lowest BCUT2D eigenvalue weighted by Crippen LogP contribution is -2.51. The van der Waals surface area contributed by atoms with E-state index in [-0.39, 0.29) is 0 Å². The van der Waals surface area contributed by atoms with E-state index in [4.69, 9.17) is 0 Å². The molecule has 0 amide bonds. The molecule has 18 heavy (non-hydrogen) atoms. The molecule has 1 fully saturated rings. The second-order valence-corrected chi connectivity index (χ2v) is 4.95. The highest BCUT2D eigenvalue weighted by atomic mass is 15.2. The first-order valence-electron chi connectivity index (χ1n) is 6.76. The van der Waals surface area contributed by atoms with Gasteiger partial charge in [-0.05, 0) is 25.6 Å². The van der Waals surface area contributed by atoms with Gasteiger partial charge < -0.3 is 15.5 Å². The van der Waals surface area contributed by atoms with Crippen LogP contribution in [0.25, 0.3) is 0 Å². The van der Waals surface area contributed by atoms with Crippen molar-refractivity contribution in [2.24, 2.45) is 0 Å². The summed E-state index contributed by atoms with van der Waals surface area (Å²) in [5, 5.41) is 15.2. The molecule has 1 aliphatic rings. The maximum Gasteiger partial charge on any atom is 0.148 e. The van der Waals surface area contributed by atoms with Gasteiger partial charge in [0.2, 0.25) is 0 Å². The van der Waals surface area contributed by atoms with Crippen LogP contribution in [0, 0.1) is 0 Å². The third-order valence-electron chi connectivity index (χ3n) is 3.21. The molecule has 0 bridgehead atoms. The summed E-state index contributed by atoms with van der Waals surface area (Å²) in [7, 11) is 2.16. The van der Waals surface area contributed by atoms with Gasteiger partial charge in [-0.15, -0.1) is 5.10 Å². The molecule has 1 atom stereocenters. The van der Waals surface area contributed by atoms with Crippen molar-refractivity contribution in [3.05, 3.63) is 17.8 Å². The van der Waals surface area contributed by atoms with Gasteiger partial charge in [0.05, 0.1) is 5.69 Å². The Morgan fingerprint density at radius 2 is 2.33 bits per heavy atom. The number of aryl methyl sites for hydroxylation is 1. The van der Waals surface area contributed by atoms with Crippen molar-refractivity contribution >= 4 is 5.82 Å². The van der Waals surface area contributed by atoms with E-state index in [0.717, 1.165) is 50.5 Å². The Morgan fingerprint density at radius 3 is 3.00 bits per heavy atom. The lowest BCUT2D eigenvalue weighted by molar-refractivity contribution is 0.244. The fraction of sp³-hybridized carbons (Fsp3) is 0.692. The Labute approximate surface area is 109 Å². The fourth-order valence-corrected chi connectivity index (χ4v) is 2.20. The Morgan fingerprint density at radius 1 is 1.44 bits per heavy atom. The molecule has 0 aliphatic carbocycles. The zero-order valence-corrected chi connectivity index (χ0v) is 11.3. The molecule has 0 radical (unpaired) electrons. The van der Waals surface area contributed by atoms with Crippen LogP contribution in [-0.4, -0.2) is 54.4 Å². The van der Waals surface area contributed by atoms with Gasteiger partial charge in [0.15, 0.2) is 0 Å². The molecule has 2 rings (SSSR count). The molecule has 1 saturated heterocycles. The van der Waals surface area contributed by atoms with Crippen LogP contribution in [0.4, 0.5) is 5.82 Å². The number of aromatic nitrogens is 2. The molecular weight excluding hydrogens is 226 g/mol. The molecule has 1 aliphatic heterocycles. The van der Waals surface area contributed by atoms with Crippen molar-refractivity contribution in [2.45, 2.75) is 25.8 Å². The van der Waals surface area contributed by atoms with Crippen molar-refractivity contribution in [3.8, 4) is 0 Å². The maximum absolute atomic E-state index is 4.20. The summed E-state index contributed by atoms with van der Waals surface area (Å²) in [5.74, 6) is 0.866. The van der Waals surface area contributed by atoms with E-state index in [0.29, 0.717) is 6.04 Å². The molecule has 2 N–H and O–H groups in total. The van der Waals surface area contributed by atoms with Gasteiger partial charge in [0, 0.05) is 32.2 Å². The molecule has 1 aromatic rings. The minimum atomic E-state index is 0.487.